The van der Waals surface area contributed by atoms with Gasteiger partial charge in [0.05, 0.1) is 6.54 Å². The number of hydrogen-bond donors (Lipinski definition) is 1. The van der Waals surface area contributed by atoms with Gasteiger partial charge >= 0.3 is 5.97 Å². The van der Waals surface area contributed by atoms with Crippen LogP contribution in [0.4, 0.5) is 0 Å². The third kappa shape index (κ3) is 5.52. The number of halogens is 1. The summed E-state index contributed by atoms with van der Waals surface area (Å²) in [5, 5.41) is 3.78. The lowest BCUT2D eigenvalue weighted by atomic mass is 10.1. The monoisotopic (exact) mass is 269 g/mol. The zero-order valence-electron chi connectivity index (χ0n) is 11.3. The lowest BCUT2D eigenvalue weighted by molar-refractivity contribution is -0.153. The van der Waals surface area contributed by atoms with Gasteiger partial charge in [0.25, 0.3) is 0 Å². The highest BCUT2D eigenvalue weighted by Crippen LogP contribution is 2.16. The molecule has 0 radical (unpaired) electrons. The second-order valence-corrected chi connectivity index (χ2v) is 5.68. The Labute approximate surface area is 113 Å². The summed E-state index contributed by atoms with van der Waals surface area (Å²) >= 11 is 6.02. The molecule has 0 saturated heterocycles. The third-order valence-corrected chi connectivity index (χ3v) is 2.66. The maximum atomic E-state index is 11.5. The molecule has 0 heterocycles. The molecule has 4 heteroatoms. The summed E-state index contributed by atoms with van der Waals surface area (Å²) in [5.41, 5.74) is 1.66. The normalized spacial score (nSPS) is 11.4. The van der Waals surface area contributed by atoms with E-state index >= 15 is 0 Å². The number of ether oxygens (including phenoxy) is 1. The molecule has 1 aromatic rings. The van der Waals surface area contributed by atoms with Crippen molar-refractivity contribution in [2.45, 2.75) is 39.8 Å². The molecule has 0 aliphatic carbocycles. The maximum absolute atomic E-state index is 11.5. The van der Waals surface area contributed by atoms with Gasteiger partial charge in [0.1, 0.15) is 5.60 Å². The van der Waals surface area contributed by atoms with E-state index in [-0.39, 0.29) is 12.5 Å². The van der Waals surface area contributed by atoms with Crippen molar-refractivity contribution in [1.82, 2.24) is 5.32 Å². The van der Waals surface area contributed by atoms with Gasteiger partial charge < -0.3 is 10.1 Å². The van der Waals surface area contributed by atoms with Gasteiger partial charge in [-0.15, -0.1) is 0 Å². The van der Waals surface area contributed by atoms with Gasteiger partial charge in [-0.25, -0.2) is 0 Å². The van der Waals surface area contributed by atoms with Crippen LogP contribution in [-0.2, 0) is 16.1 Å². The van der Waals surface area contributed by atoms with Crippen LogP contribution >= 0.6 is 11.6 Å². The van der Waals surface area contributed by atoms with E-state index in [1.54, 1.807) is 0 Å². The number of rotatable bonds is 4. The average Bonchev–Trinajstić information content (AvgIpc) is 2.20. The minimum atomic E-state index is -0.439. The fraction of sp³-hybridized carbons (Fsp3) is 0.500. The number of nitrogens with one attached hydrogen (secondary N) is 1. The lowest BCUT2D eigenvalue weighted by Gasteiger charge is -2.19. The molecule has 0 unspecified atom stereocenters. The van der Waals surface area contributed by atoms with E-state index in [0.29, 0.717) is 6.54 Å². The molecule has 0 amide bonds. The van der Waals surface area contributed by atoms with Crippen LogP contribution < -0.4 is 5.32 Å². The van der Waals surface area contributed by atoms with E-state index in [1.807, 2.05) is 45.9 Å². The first-order chi connectivity index (χ1) is 8.28. The first kappa shape index (κ1) is 15.0. The van der Waals surface area contributed by atoms with Gasteiger partial charge in [-0.1, -0.05) is 23.7 Å². The molecular formula is C14H20ClNO2. The summed E-state index contributed by atoms with van der Waals surface area (Å²) in [6, 6.07) is 5.86. The highest BCUT2D eigenvalue weighted by molar-refractivity contribution is 6.31. The van der Waals surface area contributed by atoms with E-state index in [4.69, 9.17) is 16.3 Å². The summed E-state index contributed by atoms with van der Waals surface area (Å²) in [6.07, 6.45) is 0. The van der Waals surface area contributed by atoms with Crippen molar-refractivity contribution < 1.29 is 9.53 Å². The Morgan fingerprint density at radius 3 is 2.61 bits per heavy atom. The molecule has 0 saturated carbocycles. The molecule has 0 aromatic heterocycles. The van der Waals surface area contributed by atoms with Gasteiger partial charge in [0.2, 0.25) is 0 Å². The van der Waals surface area contributed by atoms with E-state index in [0.717, 1.165) is 16.1 Å². The quantitative estimate of drug-likeness (QED) is 0.854. The SMILES string of the molecule is Cc1ccc(CNCC(=O)OC(C)(C)C)cc1Cl. The minimum Gasteiger partial charge on any atom is -0.459 e. The number of hydrogen-bond acceptors (Lipinski definition) is 3. The lowest BCUT2D eigenvalue weighted by Crippen LogP contribution is -2.31. The fourth-order valence-electron chi connectivity index (χ4n) is 1.43. The predicted molar refractivity (Wildman–Crippen MR) is 73.7 cm³/mol. The van der Waals surface area contributed by atoms with Crippen molar-refractivity contribution in [2.75, 3.05) is 6.54 Å². The molecule has 0 atom stereocenters. The molecule has 1 aromatic carbocycles. The third-order valence-electron chi connectivity index (χ3n) is 2.25. The molecule has 0 spiro atoms. The van der Waals surface area contributed by atoms with Crippen LogP contribution in [0.25, 0.3) is 0 Å². The molecule has 100 valence electrons. The number of benzene rings is 1. The number of carbonyl (C=O) groups is 1. The minimum absolute atomic E-state index is 0.197. The van der Waals surface area contributed by atoms with E-state index in [9.17, 15) is 4.79 Å². The van der Waals surface area contributed by atoms with Gasteiger partial charge in [-0.3, -0.25) is 4.79 Å². The van der Waals surface area contributed by atoms with Crippen molar-refractivity contribution in [3.05, 3.63) is 34.3 Å². The Morgan fingerprint density at radius 2 is 2.06 bits per heavy atom. The largest absolute Gasteiger partial charge is 0.459 e. The summed E-state index contributed by atoms with van der Waals surface area (Å²) in [7, 11) is 0. The standard InChI is InChI=1S/C14H20ClNO2/c1-10-5-6-11(7-12(10)15)8-16-9-13(17)18-14(2,3)4/h5-7,16H,8-9H2,1-4H3. The van der Waals surface area contributed by atoms with Gasteiger partial charge in [-0.2, -0.15) is 0 Å². The maximum Gasteiger partial charge on any atom is 0.320 e. The van der Waals surface area contributed by atoms with Crippen molar-refractivity contribution in [3.8, 4) is 0 Å². The predicted octanol–water partition coefficient (Wildman–Crippen LogP) is 3.08. The smallest absolute Gasteiger partial charge is 0.320 e. The molecule has 0 fully saturated rings. The Kier molecular flexibility index (Phi) is 5.17. The fourth-order valence-corrected chi connectivity index (χ4v) is 1.64. The van der Waals surface area contributed by atoms with Crippen LogP contribution in [0.2, 0.25) is 5.02 Å². The average molecular weight is 270 g/mol. The zero-order valence-corrected chi connectivity index (χ0v) is 12.1. The van der Waals surface area contributed by atoms with E-state index in [1.165, 1.54) is 0 Å². The van der Waals surface area contributed by atoms with Crippen molar-refractivity contribution >= 4 is 17.6 Å². The first-order valence-corrected chi connectivity index (χ1v) is 6.33. The van der Waals surface area contributed by atoms with Crippen LogP contribution in [0.1, 0.15) is 31.9 Å². The first-order valence-electron chi connectivity index (χ1n) is 5.95. The summed E-state index contributed by atoms with van der Waals surface area (Å²) in [5.74, 6) is -0.249. The van der Waals surface area contributed by atoms with E-state index in [2.05, 4.69) is 5.32 Å². The van der Waals surface area contributed by atoms with Crippen molar-refractivity contribution in [3.63, 3.8) is 0 Å². The Bertz CT molecular complexity index is 424. The van der Waals surface area contributed by atoms with Gasteiger partial charge in [0, 0.05) is 11.6 Å². The Balaban J connectivity index is 2.38. The highest BCUT2D eigenvalue weighted by atomic mass is 35.5. The van der Waals surface area contributed by atoms with Gasteiger partial charge in [0.15, 0.2) is 0 Å². The molecule has 3 nitrogen and oxygen atoms in total. The van der Waals surface area contributed by atoms with Crippen LogP contribution in [-0.4, -0.2) is 18.1 Å². The van der Waals surface area contributed by atoms with Crippen LogP contribution in [0.3, 0.4) is 0 Å². The number of aryl methyl sites for hydroxylation is 1. The number of esters is 1. The Hall–Kier alpha value is -1.06. The molecule has 0 bridgehead atoms. The molecule has 1 N–H and O–H groups in total. The molecule has 0 aliphatic rings. The van der Waals surface area contributed by atoms with Crippen molar-refractivity contribution in [1.29, 1.82) is 0 Å². The second kappa shape index (κ2) is 6.21. The molecule has 1 rings (SSSR count). The summed E-state index contributed by atoms with van der Waals surface area (Å²) in [6.45, 7) is 8.31. The molecule has 18 heavy (non-hydrogen) atoms. The van der Waals surface area contributed by atoms with Gasteiger partial charge in [-0.05, 0) is 44.9 Å². The zero-order chi connectivity index (χ0) is 13.8. The number of carbonyl (C=O) groups excluding carboxylic acids is 1. The summed E-state index contributed by atoms with van der Waals surface area (Å²) in [4.78, 5) is 11.5. The van der Waals surface area contributed by atoms with Crippen LogP contribution in [0, 0.1) is 6.92 Å². The highest BCUT2D eigenvalue weighted by Gasteiger charge is 2.15. The second-order valence-electron chi connectivity index (χ2n) is 5.27. The molecular weight excluding hydrogens is 250 g/mol. The topological polar surface area (TPSA) is 38.3 Å². The molecule has 0 aliphatic heterocycles. The Morgan fingerprint density at radius 1 is 1.39 bits per heavy atom. The summed E-state index contributed by atoms with van der Waals surface area (Å²) < 4.78 is 5.19. The van der Waals surface area contributed by atoms with Crippen LogP contribution in [0.5, 0.6) is 0 Å². The van der Waals surface area contributed by atoms with E-state index < -0.39 is 5.60 Å². The van der Waals surface area contributed by atoms with Crippen LogP contribution in [0.15, 0.2) is 18.2 Å². The van der Waals surface area contributed by atoms with Crippen molar-refractivity contribution in [2.24, 2.45) is 0 Å².